The van der Waals surface area contributed by atoms with Crippen LogP contribution in [0.1, 0.15) is 27.0 Å². The van der Waals surface area contributed by atoms with Crippen LogP contribution in [-0.4, -0.2) is 12.1 Å². The molecule has 0 aliphatic heterocycles. The molecule has 3 aromatic rings. The number of nitrogens with zero attached hydrogens (tertiary/aromatic N) is 1. The second kappa shape index (κ2) is 11.2. The second-order valence-corrected chi connectivity index (χ2v) is 9.78. The van der Waals surface area contributed by atoms with Gasteiger partial charge in [0.1, 0.15) is 12.4 Å². The third-order valence-corrected chi connectivity index (χ3v) is 6.43. The van der Waals surface area contributed by atoms with Gasteiger partial charge in [-0.05, 0) is 93.2 Å². The number of nitrogens with one attached hydrogen (secondary N) is 1. The Hall–Kier alpha value is -1.57. The maximum atomic E-state index is 12.8. The zero-order chi connectivity index (χ0) is 24.2. The van der Waals surface area contributed by atoms with E-state index < -0.39 is 17.6 Å². The number of benzene rings is 3. The van der Waals surface area contributed by atoms with Gasteiger partial charge in [-0.15, -0.1) is 0 Å². The van der Waals surface area contributed by atoms with Crippen LogP contribution in [0.15, 0.2) is 59.7 Å². The number of carbonyl (C=O) groups excluding carboxylic acids is 1. The molecule has 1 amide bonds. The summed E-state index contributed by atoms with van der Waals surface area (Å²) in [6, 6.07) is 12.9. The van der Waals surface area contributed by atoms with Gasteiger partial charge in [0.2, 0.25) is 0 Å². The van der Waals surface area contributed by atoms with Crippen molar-refractivity contribution in [1.29, 1.82) is 0 Å². The predicted molar refractivity (Wildman–Crippen MR) is 139 cm³/mol. The number of amides is 1. The van der Waals surface area contributed by atoms with Gasteiger partial charge in [-0.25, -0.2) is 5.43 Å². The number of alkyl halides is 3. The molecule has 0 spiro atoms. The first-order valence-electron chi connectivity index (χ1n) is 9.11. The lowest BCUT2D eigenvalue weighted by molar-refractivity contribution is -0.137. The summed E-state index contributed by atoms with van der Waals surface area (Å²) in [6.45, 7) is 0.252. The SMILES string of the molecule is O=C(N/N=C\c1cc(I)c(OCc2ccc(Cl)cc2Cl)c(I)c1)c1cccc(C(F)(F)F)c1. The minimum absolute atomic E-state index is 0.143. The van der Waals surface area contributed by atoms with Crippen molar-refractivity contribution < 1.29 is 22.7 Å². The minimum atomic E-state index is -4.53. The van der Waals surface area contributed by atoms with Crippen molar-refractivity contribution in [3.8, 4) is 5.75 Å². The molecule has 0 heterocycles. The van der Waals surface area contributed by atoms with Crippen molar-refractivity contribution in [1.82, 2.24) is 5.43 Å². The van der Waals surface area contributed by atoms with E-state index in [0.717, 1.165) is 24.8 Å². The Morgan fingerprint density at radius 1 is 1.06 bits per heavy atom. The maximum Gasteiger partial charge on any atom is 0.416 e. The third kappa shape index (κ3) is 7.20. The van der Waals surface area contributed by atoms with E-state index in [4.69, 9.17) is 27.9 Å². The van der Waals surface area contributed by atoms with Crippen LogP contribution in [0.3, 0.4) is 0 Å². The van der Waals surface area contributed by atoms with Gasteiger partial charge in [0.25, 0.3) is 5.91 Å². The van der Waals surface area contributed by atoms with Crippen LogP contribution in [0, 0.1) is 7.14 Å². The molecule has 0 aliphatic carbocycles. The molecule has 0 unspecified atom stereocenters. The van der Waals surface area contributed by atoms with Gasteiger partial charge in [-0.3, -0.25) is 4.79 Å². The van der Waals surface area contributed by atoms with Gasteiger partial charge in [0.15, 0.2) is 0 Å². The predicted octanol–water partition coefficient (Wildman–Crippen LogP) is 7.56. The molecular weight excluding hydrogens is 706 g/mol. The highest BCUT2D eigenvalue weighted by Gasteiger charge is 2.30. The van der Waals surface area contributed by atoms with E-state index in [0.29, 0.717) is 21.4 Å². The van der Waals surface area contributed by atoms with E-state index >= 15 is 0 Å². The van der Waals surface area contributed by atoms with E-state index in [9.17, 15) is 18.0 Å². The van der Waals surface area contributed by atoms with Gasteiger partial charge in [-0.2, -0.15) is 18.3 Å². The summed E-state index contributed by atoms with van der Waals surface area (Å²) in [7, 11) is 0. The van der Waals surface area contributed by atoms with Gasteiger partial charge in [-0.1, -0.05) is 35.3 Å². The molecular formula is C22H13Cl2F3I2N2O2. The van der Waals surface area contributed by atoms with Crippen molar-refractivity contribution in [2.24, 2.45) is 5.10 Å². The summed E-state index contributed by atoms with van der Waals surface area (Å²) in [5, 5.41) is 4.90. The van der Waals surface area contributed by atoms with Crippen LogP contribution >= 0.6 is 68.4 Å². The Kier molecular flexibility index (Phi) is 8.87. The molecule has 1 N–H and O–H groups in total. The van der Waals surface area contributed by atoms with Crippen LogP contribution in [0.4, 0.5) is 13.2 Å². The van der Waals surface area contributed by atoms with Crippen LogP contribution in [-0.2, 0) is 12.8 Å². The van der Waals surface area contributed by atoms with E-state index in [-0.39, 0.29) is 12.2 Å². The zero-order valence-corrected chi connectivity index (χ0v) is 22.2. The molecule has 0 atom stereocenters. The number of hydrazone groups is 1. The van der Waals surface area contributed by atoms with Crippen LogP contribution in [0.5, 0.6) is 5.75 Å². The van der Waals surface area contributed by atoms with Crippen molar-refractivity contribution >= 4 is 80.5 Å². The molecule has 172 valence electrons. The van der Waals surface area contributed by atoms with Crippen molar-refractivity contribution in [3.05, 3.63) is 94.0 Å². The maximum absolute atomic E-state index is 12.8. The first kappa shape index (κ1) is 26.0. The van der Waals surface area contributed by atoms with Gasteiger partial charge in [0, 0.05) is 21.2 Å². The van der Waals surface area contributed by atoms with Crippen molar-refractivity contribution in [2.75, 3.05) is 0 Å². The summed E-state index contributed by atoms with van der Waals surface area (Å²) in [5.41, 5.74) is 2.65. The van der Waals surface area contributed by atoms with E-state index in [1.54, 1.807) is 30.3 Å². The minimum Gasteiger partial charge on any atom is -0.487 e. The first-order chi connectivity index (χ1) is 15.5. The Morgan fingerprint density at radius 2 is 1.76 bits per heavy atom. The standard InChI is InChI=1S/C22H13Cl2F3I2N2O2/c23-16-5-4-14(17(24)9-16)11-33-20-18(28)6-12(7-19(20)29)10-30-31-21(32)13-2-1-3-15(8-13)22(25,26)27/h1-10H,11H2,(H,31,32)/b30-10-. The molecule has 33 heavy (non-hydrogen) atoms. The average Bonchev–Trinajstić information content (AvgIpc) is 2.74. The van der Waals surface area contributed by atoms with Crippen LogP contribution < -0.4 is 10.2 Å². The molecule has 0 bridgehead atoms. The smallest absolute Gasteiger partial charge is 0.416 e. The normalized spacial score (nSPS) is 11.6. The highest BCUT2D eigenvalue weighted by molar-refractivity contribution is 14.1. The van der Waals surface area contributed by atoms with Gasteiger partial charge < -0.3 is 4.74 Å². The quantitative estimate of drug-likeness (QED) is 0.163. The molecule has 11 heteroatoms. The first-order valence-corrected chi connectivity index (χ1v) is 12.0. The largest absolute Gasteiger partial charge is 0.487 e. The fourth-order valence-electron chi connectivity index (χ4n) is 2.65. The lowest BCUT2D eigenvalue weighted by atomic mass is 10.1. The van der Waals surface area contributed by atoms with Gasteiger partial charge >= 0.3 is 6.18 Å². The number of hydrogen-bond donors (Lipinski definition) is 1. The average molecular weight is 719 g/mol. The molecule has 3 rings (SSSR count). The number of halogens is 7. The fourth-order valence-corrected chi connectivity index (χ4v) is 5.24. The van der Waals surface area contributed by atoms with Crippen molar-refractivity contribution in [3.63, 3.8) is 0 Å². The molecule has 0 radical (unpaired) electrons. The second-order valence-electron chi connectivity index (χ2n) is 6.62. The van der Waals surface area contributed by atoms with Crippen LogP contribution in [0.2, 0.25) is 10.0 Å². The lowest BCUT2D eigenvalue weighted by Crippen LogP contribution is -2.18. The van der Waals surface area contributed by atoms with Gasteiger partial charge in [0.05, 0.1) is 18.9 Å². The van der Waals surface area contributed by atoms with E-state index in [1.165, 1.54) is 18.3 Å². The summed E-state index contributed by atoms with van der Waals surface area (Å²) in [5.74, 6) is -0.0890. The Morgan fingerprint density at radius 3 is 2.39 bits per heavy atom. The molecule has 0 saturated carbocycles. The molecule has 0 fully saturated rings. The topological polar surface area (TPSA) is 50.7 Å². The number of rotatable bonds is 6. The third-order valence-electron chi connectivity index (χ3n) is 4.24. The Balaban J connectivity index is 1.66. The number of ether oxygens (including phenoxy) is 1. The molecule has 3 aromatic carbocycles. The Labute approximate surface area is 224 Å². The highest BCUT2D eigenvalue weighted by atomic mass is 127. The van der Waals surface area contributed by atoms with E-state index in [2.05, 4.69) is 55.7 Å². The number of carbonyl (C=O) groups is 1. The molecule has 0 saturated heterocycles. The fraction of sp³-hybridized carbons (Fsp3) is 0.0909. The molecule has 0 aromatic heterocycles. The summed E-state index contributed by atoms with van der Waals surface area (Å²) in [6.07, 6.45) is -3.13. The zero-order valence-electron chi connectivity index (χ0n) is 16.4. The molecule has 0 aliphatic rings. The number of hydrogen-bond acceptors (Lipinski definition) is 3. The van der Waals surface area contributed by atoms with Crippen LogP contribution in [0.25, 0.3) is 0 Å². The highest BCUT2D eigenvalue weighted by Crippen LogP contribution is 2.31. The lowest BCUT2D eigenvalue weighted by Gasteiger charge is -2.12. The van der Waals surface area contributed by atoms with E-state index in [1.807, 2.05) is 0 Å². The summed E-state index contributed by atoms with van der Waals surface area (Å²) >= 11 is 16.3. The summed E-state index contributed by atoms with van der Waals surface area (Å²) in [4.78, 5) is 12.1. The molecule has 4 nitrogen and oxygen atoms in total. The Bertz CT molecular complexity index is 1200. The summed E-state index contributed by atoms with van der Waals surface area (Å²) < 4.78 is 46.0. The van der Waals surface area contributed by atoms with Crippen molar-refractivity contribution in [2.45, 2.75) is 12.8 Å². The monoisotopic (exact) mass is 718 g/mol.